The van der Waals surface area contributed by atoms with Crippen molar-refractivity contribution in [1.82, 2.24) is 10.3 Å². The van der Waals surface area contributed by atoms with E-state index in [9.17, 15) is 4.79 Å². The molecule has 1 atom stereocenters. The maximum Gasteiger partial charge on any atom is 0.356 e. The zero-order valence-electron chi connectivity index (χ0n) is 9.92. The lowest BCUT2D eigenvalue weighted by Gasteiger charge is -2.23. The van der Waals surface area contributed by atoms with Crippen LogP contribution in [0.2, 0.25) is 5.02 Å². The van der Waals surface area contributed by atoms with Crippen LogP contribution in [0.1, 0.15) is 35.6 Å². The number of hydrogen-bond acceptors (Lipinski definition) is 4. The largest absolute Gasteiger partial charge is 0.461 e. The van der Waals surface area contributed by atoms with Gasteiger partial charge in [0.1, 0.15) is 5.69 Å². The van der Waals surface area contributed by atoms with Crippen molar-refractivity contribution < 1.29 is 9.53 Å². The monoisotopic (exact) mass is 254 g/mol. The van der Waals surface area contributed by atoms with Gasteiger partial charge in [0.05, 0.1) is 12.3 Å². The lowest BCUT2D eigenvalue weighted by molar-refractivity contribution is 0.0519. The second-order valence-corrected chi connectivity index (χ2v) is 4.53. The lowest BCUT2D eigenvalue weighted by Crippen LogP contribution is -2.34. The Morgan fingerprint density at radius 1 is 1.71 bits per heavy atom. The quantitative estimate of drug-likeness (QED) is 0.820. The summed E-state index contributed by atoms with van der Waals surface area (Å²) in [4.78, 5) is 15.9. The van der Waals surface area contributed by atoms with E-state index in [1.807, 2.05) is 0 Å². The Bertz CT molecular complexity index is 448. The van der Waals surface area contributed by atoms with Crippen LogP contribution in [0.4, 0.5) is 0 Å². The number of ether oxygens (including phenoxy) is 1. The minimum atomic E-state index is -0.421. The zero-order chi connectivity index (χ0) is 12.4. The molecule has 0 saturated heterocycles. The van der Waals surface area contributed by atoms with Gasteiger partial charge in [-0.2, -0.15) is 0 Å². The Kier molecular flexibility index (Phi) is 3.64. The predicted octanol–water partition coefficient (Wildman–Crippen LogP) is 1.95. The number of carbonyl (C=O) groups is 1. The normalized spacial score (nSPS) is 18.6. The third kappa shape index (κ3) is 2.58. The van der Waals surface area contributed by atoms with E-state index in [-0.39, 0.29) is 5.69 Å². The summed E-state index contributed by atoms with van der Waals surface area (Å²) in [7, 11) is 0. The van der Waals surface area contributed by atoms with Crippen LogP contribution in [-0.2, 0) is 17.7 Å². The maximum absolute atomic E-state index is 11.6. The predicted molar refractivity (Wildman–Crippen MR) is 65.2 cm³/mol. The molecule has 0 bridgehead atoms. The number of halogens is 1. The number of carbonyl (C=O) groups excluding carboxylic acids is 1. The van der Waals surface area contributed by atoms with Crippen LogP contribution in [0, 0.1) is 0 Å². The summed E-state index contributed by atoms with van der Waals surface area (Å²) < 4.78 is 4.91. The highest BCUT2D eigenvalue weighted by Gasteiger charge is 2.21. The van der Waals surface area contributed by atoms with E-state index in [2.05, 4.69) is 17.2 Å². The van der Waals surface area contributed by atoms with E-state index < -0.39 is 5.97 Å². The van der Waals surface area contributed by atoms with Gasteiger partial charge >= 0.3 is 5.97 Å². The summed E-state index contributed by atoms with van der Waals surface area (Å²) in [5, 5.41) is 3.89. The number of nitrogens with one attached hydrogen (secondary N) is 1. The number of fused-ring (bicyclic) bond motifs is 1. The van der Waals surface area contributed by atoms with Crippen molar-refractivity contribution in [2.45, 2.75) is 32.9 Å². The van der Waals surface area contributed by atoms with Crippen LogP contribution < -0.4 is 5.32 Å². The fourth-order valence-electron chi connectivity index (χ4n) is 1.91. The maximum atomic E-state index is 11.6. The van der Waals surface area contributed by atoms with Gasteiger partial charge in [0.2, 0.25) is 0 Å². The van der Waals surface area contributed by atoms with Crippen LogP contribution in [0.25, 0.3) is 0 Å². The van der Waals surface area contributed by atoms with Crippen LogP contribution in [0.5, 0.6) is 0 Å². The fraction of sp³-hybridized carbons (Fsp3) is 0.500. The van der Waals surface area contributed by atoms with Crippen LogP contribution >= 0.6 is 11.6 Å². The van der Waals surface area contributed by atoms with Crippen molar-refractivity contribution in [3.63, 3.8) is 0 Å². The second kappa shape index (κ2) is 5.02. The third-order valence-electron chi connectivity index (χ3n) is 2.77. The van der Waals surface area contributed by atoms with E-state index in [1.165, 1.54) is 0 Å². The molecule has 5 heteroatoms. The third-order valence-corrected chi connectivity index (χ3v) is 3.11. The molecule has 0 aliphatic carbocycles. The van der Waals surface area contributed by atoms with Crippen LogP contribution in [0.3, 0.4) is 0 Å². The molecule has 0 radical (unpaired) electrons. The molecule has 0 fully saturated rings. The highest BCUT2D eigenvalue weighted by molar-refractivity contribution is 6.31. The van der Waals surface area contributed by atoms with Gasteiger partial charge in [0.25, 0.3) is 0 Å². The van der Waals surface area contributed by atoms with Crippen molar-refractivity contribution in [2.75, 3.05) is 6.61 Å². The van der Waals surface area contributed by atoms with Crippen molar-refractivity contribution in [2.24, 2.45) is 0 Å². The SMILES string of the molecule is CCOC(=O)c1cc(Cl)c2c(n1)CNC(C)C2. The number of pyridine rings is 1. The molecule has 0 saturated carbocycles. The molecule has 4 nitrogen and oxygen atoms in total. The first-order valence-electron chi connectivity index (χ1n) is 5.70. The second-order valence-electron chi connectivity index (χ2n) is 4.12. The molecule has 0 amide bonds. The van der Waals surface area contributed by atoms with Crippen molar-refractivity contribution in [3.05, 3.63) is 28.0 Å². The molecule has 1 N–H and O–H groups in total. The van der Waals surface area contributed by atoms with Gasteiger partial charge in [-0.25, -0.2) is 9.78 Å². The minimum Gasteiger partial charge on any atom is -0.461 e. The molecular weight excluding hydrogens is 240 g/mol. The summed E-state index contributed by atoms with van der Waals surface area (Å²) in [6.45, 7) is 4.84. The van der Waals surface area contributed by atoms with E-state index in [0.29, 0.717) is 24.2 Å². The van der Waals surface area contributed by atoms with E-state index in [4.69, 9.17) is 16.3 Å². The number of esters is 1. The van der Waals surface area contributed by atoms with Crippen LogP contribution in [-0.4, -0.2) is 23.6 Å². The lowest BCUT2D eigenvalue weighted by atomic mass is 10.0. The molecule has 1 unspecified atom stereocenters. The summed E-state index contributed by atoms with van der Waals surface area (Å²) in [6.07, 6.45) is 0.838. The summed E-state index contributed by atoms with van der Waals surface area (Å²) in [5.74, 6) is -0.421. The molecule has 0 spiro atoms. The molecule has 17 heavy (non-hydrogen) atoms. The molecule has 1 aliphatic rings. The van der Waals surface area contributed by atoms with Crippen molar-refractivity contribution in [1.29, 1.82) is 0 Å². The van der Waals surface area contributed by atoms with Gasteiger partial charge in [-0.3, -0.25) is 0 Å². The van der Waals surface area contributed by atoms with Gasteiger partial charge in [-0.1, -0.05) is 11.6 Å². The molecule has 2 heterocycles. The topological polar surface area (TPSA) is 51.2 Å². The van der Waals surface area contributed by atoms with Gasteiger partial charge in [0, 0.05) is 17.6 Å². The number of hydrogen-bond donors (Lipinski definition) is 1. The van der Waals surface area contributed by atoms with Gasteiger partial charge in [0.15, 0.2) is 0 Å². The first-order valence-corrected chi connectivity index (χ1v) is 6.08. The Morgan fingerprint density at radius 2 is 2.47 bits per heavy atom. The molecule has 1 aromatic heterocycles. The first-order chi connectivity index (χ1) is 8.11. The minimum absolute atomic E-state index is 0.284. The number of nitrogens with zero attached hydrogens (tertiary/aromatic N) is 1. The first kappa shape index (κ1) is 12.3. The zero-order valence-corrected chi connectivity index (χ0v) is 10.7. The van der Waals surface area contributed by atoms with Crippen LogP contribution in [0.15, 0.2) is 6.07 Å². The molecule has 2 rings (SSSR count). The highest BCUT2D eigenvalue weighted by atomic mass is 35.5. The molecule has 1 aliphatic heterocycles. The van der Waals surface area contributed by atoms with Gasteiger partial charge in [-0.15, -0.1) is 0 Å². The highest BCUT2D eigenvalue weighted by Crippen LogP contribution is 2.24. The van der Waals surface area contributed by atoms with Gasteiger partial charge < -0.3 is 10.1 Å². The fourth-order valence-corrected chi connectivity index (χ4v) is 2.20. The molecule has 92 valence electrons. The average molecular weight is 255 g/mol. The van der Waals surface area contributed by atoms with Crippen molar-refractivity contribution >= 4 is 17.6 Å². The molecule has 0 aromatic carbocycles. The smallest absolute Gasteiger partial charge is 0.356 e. The summed E-state index contributed by atoms with van der Waals surface area (Å²) in [6, 6.07) is 1.98. The Morgan fingerprint density at radius 3 is 3.18 bits per heavy atom. The number of rotatable bonds is 2. The van der Waals surface area contributed by atoms with E-state index in [1.54, 1.807) is 13.0 Å². The molecular formula is C12H15ClN2O2. The van der Waals surface area contributed by atoms with Crippen molar-refractivity contribution in [3.8, 4) is 0 Å². The standard InChI is InChI=1S/C12H15ClN2O2/c1-3-17-12(16)10-5-9(13)8-4-7(2)14-6-11(8)15-10/h5,7,14H,3-4,6H2,1-2H3. The summed E-state index contributed by atoms with van der Waals surface area (Å²) in [5.41, 5.74) is 2.16. The van der Waals surface area contributed by atoms with Gasteiger partial charge in [-0.05, 0) is 31.9 Å². The Labute approximate surface area is 105 Å². The summed E-state index contributed by atoms with van der Waals surface area (Å²) >= 11 is 6.18. The Hall–Kier alpha value is -1.13. The van der Waals surface area contributed by atoms with E-state index in [0.717, 1.165) is 17.7 Å². The molecule has 1 aromatic rings. The Balaban J connectivity index is 2.34. The average Bonchev–Trinajstić information content (AvgIpc) is 2.30. The van der Waals surface area contributed by atoms with E-state index >= 15 is 0 Å². The number of aromatic nitrogens is 1.